The van der Waals surface area contributed by atoms with Crippen molar-refractivity contribution in [3.63, 3.8) is 0 Å². The third-order valence-corrected chi connectivity index (χ3v) is 5.07. The first kappa shape index (κ1) is 21.9. The zero-order chi connectivity index (χ0) is 20.4. The predicted octanol–water partition coefficient (Wildman–Crippen LogP) is 1.53. The molecule has 0 radical (unpaired) electrons. The molecular formula is C21H32N3O4+. The minimum absolute atomic E-state index is 0.0129. The Morgan fingerprint density at radius 2 is 1.75 bits per heavy atom. The molecule has 3 amide bonds. The summed E-state index contributed by atoms with van der Waals surface area (Å²) in [5, 5.41) is 2.20. The zero-order valence-corrected chi connectivity index (χ0v) is 16.9. The van der Waals surface area contributed by atoms with E-state index in [9.17, 15) is 14.4 Å². The molecule has 1 aromatic rings. The van der Waals surface area contributed by atoms with Gasteiger partial charge in [-0.25, -0.2) is 4.79 Å². The molecule has 2 rings (SSSR count). The van der Waals surface area contributed by atoms with Crippen LogP contribution in [0.1, 0.15) is 46.0 Å². The average Bonchev–Trinajstić information content (AvgIpc) is 2.69. The maximum absolute atomic E-state index is 13.2. The Morgan fingerprint density at radius 1 is 1.07 bits per heavy atom. The van der Waals surface area contributed by atoms with E-state index in [4.69, 9.17) is 4.74 Å². The van der Waals surface area contributed by atoms with Crippen molar-refractivity contribution >= 4 is 23.6 Å². The smallest absolute Gasteiger partial charge is 0.414 e. The summed E-state index contributed by atoms with van der Waals surface area (Å²) in [7, 11) is 0. The molecule has 0 bridgehead atoms. The molecule has 1 fully saturated rings. The lowest BCUT2D eigenvalue weighted by atomic mass is 9.93. The van der Waals surface area contributed by atoms with Crippen molar-refractivity contribution in [3.05, 3.63) is 30.3 Å². The lowest BCUT2D eigenvalue weighted by Gasteiger charge is -2.35. The normalized spacial score (nSPS) is 15.5. The summed E-state index contributed by atoms with van der Waals surface area (Å²) in [6, 6.07) is 9.95. The average molecular weight is 391 g/mol. The van der Waals surface area contributed by atoms with Crippen LogP contribution in [0.15, 0.2) is 30.3 Å². The van der Waals surface area contributed by atoms with Crippen LogP contribution >= 0.6 is 0 Å². The second kappa shape index (κ2) is 11.4. The maximum atomic E-state index is 13.2. The summed E-state index contributed by atoms with van der Waals surface area (Å²) < 4.78 is 4.73. The Hall–Kier alpha value is -2.41. The minimum atomic E-state index is -0.748. The number of benzene rings is 1. The van der Waals surface area contributed by atoms with Gasteiger partial charge in [-0.2, -0.15) is 0 Å². The first-order chi connectivity index (χ1) is 13.5. The van der Waals surface area contributed by atoms with Crippen LogP contribution in [0.25, 0.3) is 0 Å². The van der Waals surface area contributed by atoms with Crippen molar-refractivity contribution in [1.29, 1.82) is 0 Å². The SMILES string of the molecule is CCOC(=O)NC(=O)C[NH+](CC)CC(=O)N(c1ccccc1)C1CCCCC1. The molecule has 1 aromatic carbocycles. The molecule has 0 spiro atoms. The predicted molar refractivity (Wildman–Crippen MR) is 107 cm³/mol. The van der Waals surface area contributed by atoms with Crippen LogP contribution in [0.2, 0.25) is 0 Å². The van der Waals surface area contributed by atoms with Gasteiger partial charge in [-0.3, -0.25) is 14.9 Å². The second-order valence-corrected chi connectivity index (χ2v) is 7.12. The number of hydrogen-bond acceptors (Lipinski definition) is 4. The molecule has 1 unspecified atom stereocenters. The summed E-state index contributed by atoms with van der Waals surface area (Å²) in [6.45, 7) is 4.67. The van der Waals surface area contributed by atoms with Gasteiger partial charge in [0.2, 0.25) is 0 Å². The number of alkyl carbamates (subject to hydrolysis) is 1. The zero-order valence-electron chi connectivity index (χ0n) is 16.9. The first-order valence-corrected chi connectivity index (χ1v) is 10.2. The largest absolute Gasteiger partial charge is 0.450 e. The fraction of sp³-hybridized carbons (Fsp3) is 0.571. The molecule has 1 saturated carbocycles. The molecule has 0 saturated heterocycles. The Balaban J connectivity index is 2.03. The van der Waals surface area contributed by atoms with Crippen LogP contribution in [0.5, 0.6) is 0 Å². The van der Waals surface area contributed by atoms with Crippen molar-refractivity contribution in [2.45, 2.75) is 52.0 Å². The highest BCUT2D eigenvalue weighted by Crippen LogP contribution is 2.27. The number of anilines is 1. The standard InChI is InChI=1S/C21H31N3O4/c1-3-23(15-19(25)22-21(27)28-4-2)16-20(26)24(17-11-7-5-8-12-17)18-13-9-6-10-14-18/h5,7-8,11-12,18H,3-4,6,9-10,13-16H2,1-2H3,(H,22,25,27)/p+1. The quantitative estimate of drug-likeness (QED) is 0.706. The summed E-state index contributed by atoms with van der Waals surface area (Å²) in [6.07, 6.45) is 4.74. The van der Waals surface area contributed by atoms with Gasteiger partial charge in [0.15, 0.2) is 13.1 Å². The van der Waals surface area contributed by atoms with Gasteiger partial charge in [0.05, 0.1) is 13.2 Å². The molecule has 154 valence electrons. The van der Waals surface area contributed by atoms with E-state index in [0.717, 1.165) is 36.3 Å². The number of imide groups is 1. The Morgan fingerprint density at radius 3 is 2.36 bits per heavy atom. The molecule has 0 aliphatic heterocycles. The monoisotopic (exact) mass is 390 g/mol. The number of hydrogen-bond donors (Lipinski definition) is 2. The Kier molecular flexibility index (Phi) is 8.94. The third-order valence-electron chi connectivity index (χ3n) is 5.07. The molecule has 1 aliphatic rings. The number of amides is 3. The third kappa shape index (κ3) is 6.64. The molecular weight excluding hydrogens is 358 g/mol. The van der Waals surface area contributed by atoms with Gasteiger partial charge in [0, 0.05) is 11.7 Å². The lowest BCUT2D eigenvalue weighted by molar-refractivity contribution is -0.881. The topological polar surface area (TPSA) is 80.1 Å². The molecule has 2 N–H and O–H groups in total. The lowest BCUT2D eigenvalue weighted by Crippen LogP contribution is -3.14. The molecule has 7 nitrogen and oxygen atoms in total. The number of likely N-dealkylation sites (N-methyl/N-ethyl adjacent to an activating group) is 1. The highest BCUT2D eigenvalue weighted by Gasteiger charge is 2.29. The van der Waals surface area contributed by atoms with Gasteiger partial charge in [-0.1, -0.05) is 37.5 Å². The first-order valence-electron chi connectivity index (χ1n) is 10.2. The molecule has 1 atom stereocenters. The van der Waals surface area contributed by atoms with E-state index in [1.165, 1.54) is 6.42 Å². The number of para-hydroxylation sites is 1. The molecule has 0 heterocycles. The summed E-state index contributed by atoms with van der Waals surface area (Å²) in [4.78, 5) is 39.4. The van der Waals surface area contributed by atoms with E-state index in [-0.39, 0.29) is 31.6 Å². The number of nitrogens with one attached hydrogen (secondary N) is 2. The summed E-state index contributed by atoms with van der Waals surface area (Å²) in [5.74, 6) is -0.425. The van der Waals surface area contributed by atoms with E-state index in [0.29, 0.717) is 6.54 Å². The molecule has 0 aromatic heterocycles. The van der Waals surface area contributed by atoms with E-state index in [1.54, 1.807) is 6.92 Å². The number of carbonyl (C=O) groups is 3. The maximum Gasteiger partial charge on any atom is 0.414 e. The van der Waals surface area contributed by atoms with Gasteiger partial charge in [-0.15, -0.1) is 0 Å². The van der Waals surface area contributed by atoms with Crippen LogP contribution in [0, 0.1) is 0 Å². The van der Waals surface area contributed by atoms with Gasteiger partial charge in [0.1, 0.15) is 0 Å². The van der Waals surface area contributed by atoms with Gasteiger partial charge in [0.25, 0.3) is 11.8 Å². The van der Waals surface area contributed by atoms with Gasteiger partial charge < -0.3 is 14.5 Å². The van der Waals surface area contributed by atoms with E-state index >= 15 is 0 Å². The minimum Gasteiger partial charge on any atom is -0.450 e. The van der Waals surface area contributed by atoms with Crippen LogP contribution < -0.4 is 15.1 Å². The number of nitrogens with zero attached hydrogens (tertiary/aromatic N) is 1. The van der Waals surface area contributed by atoms with Crippen molar-refractivity contribution in [1.82, 2.24) is 5.32 Å². The van der Waals surface area contributed by atoms with E-state index in [2.05, 4.69) is 5.32 Å². The van der Waals surface area contributed by atoms with Gasteiger partial charge >= 0.3 is 6.09 Å². The number of carbonyl (C=O) groups excluding carboxylic acids is 3. The summed E-state index contributed by atoms with van der Waals surface area (Å²) >= 11 is 0. The molecule has 28 heavy (non-hydrogen) atoms. The number of rotatable bonds is 8. The van der Waals surface area contributed by atoms with Crippen LogP contribution in [-0.2, 0) is 14.3 Å². The van der Waals surface area contributed by atoms with Crippen LogP contribution in [0.4, 0.5) is 10.5 Å². The highest BCUT2D eigenvalue weighted by molar-refractivity contribution is 5.95. The van der Waals surface area contributed by atoms with Crippen molar-refractivity contribution in [2.24, 2.45) is 0 Å². The fourth-order valence-electron chi connectivity index (χ4n) is 3.65. The van der Waals surface area contributed by atoms with Crippen molar-refractivity contribution in [2.75, 3.05) is 31.1 Å². The highest BCUT2D eigenvalue weighted by atomic mass is 16.5. The molecule has 1 aliphatic carbocycles. The van der Waals surface area contributed by atoms with Crippen LogP contribution in [-0.4, -0.2) is 50.2 Å². The second-order valence-electron chi connectivity index (χ2n) is 7.12. The van der Waals surface area contributed by atoms with Crippen LogP contribution in [0.3, 0.4) is 0 Å². The molecule has 7 heteroatoms. The number of quaternary nitrogens is 1. The van der Waals surface area contributed by atoms with Crippen molar-refractivity contribution < 1.29 is 24.0 Å². The summed E-state index contributed by atoms with van der Waals surface area (Å²) in [5.41, 5.74) is 0.908. The van der Waals surface area contributed by atoms with Gasteiger partial charge in [-0.05, 0) is 38.8 Å². The Bertz CT molecular complexity index is 644. The number of ether oxygens (including phenoxy) is 1. The van der Waals surface area contributed by atoms with E-state index < -0.39 is 12.0 Å². The Labute approximate surface area is 167 Å². The van der Waals surface area contributed by atoms with Crippen molar-refractivity contribution in [3.8, 4) is 0 Å². The van der Waals surface area contributed by atoms with E-state index in [1.807, 2.05) is 42.2 Å². The fourth-order valence-corrected chi connectivity index (χ4v) is 3.65.